The van der Waals surface area contributed by atoms with Gasteiger partial charge in [-0.3, -0.25) is 0 Å². The zero-order valence-corrected chi connectivity index (χ0v) is 9.89. The number of aromatic nitrogens is 1. The summed E-state index contributed by atoms with van der Waals surface area (Å²) in [6.45, 7) is 0. The van der Waals surface area contributed by atoms with Crippen LogP contribution >= 0.6 is 34.7 Å². The lowest BCUT2D eigenvalue weighted by Gasteiger charge is -1.80. The van der Waals surface area contributed by atoms with E-state index < -0.39 is 0 Å². The zero-order chi connectivity index (χ0) is 6.10. The van der Waals surface area contributed by atoms with Gasteiger partial charge in [0, 0.05) is 0 Å². The zero-order valence-electron chi connectivity index (χ0n) is 6.66. The van der Waals surface area contributed by atoms with Crippen LogP contribution in [0.4, 0.5) is 0 Å². The minimum absolute atomic E-state index is 0. The fourth-order valence-corrected chi connectivity index (χ4v) is 1.48. The Bertz CT molecular complexity index is 293. The predicted molar refractivity (Wildman–Crippen MR) is 66.1 cm³/mol. The second-order valence-corrected chi connectivity index (χ2v) is 2.71. The maximum Gasteiger partial charge on any atom is 0.0812 e. The van der Waals surface area contributed by atoms with Gasteiger partial charge in [-0.15, -0.1) is 11.3 Å². The summed E-state index contributed by atoms with van der Waals surface area (Å²) in [6.07, 6.45) is 0. The molecule has 12 heavy (non-hydrogen) atoms. The summed E-state index contributed by atoms with van der Waals surface area (Å²) in [7, 11) is 0. The molecule has 1 aromatic carbocycles. The Hall–Kier alpha value is -0.150. The Labute approximate surface area is 86.1 Å². The Morgan fingerprint density at radius 1 is 1.17 bits per heavy atom. The maximum absolute atomic E-state index is 4.14. The molecule has 0 radical (unpaired) electrons. The molecule has 0 saturated heterocycles. The highest BCUT2D eigenvalue weighted by Crippen LogP contribution is 2.15. The standard InChI is InChI=1S/C7H5NS.H3N.H3P.H2S/c1-2-4-7-6(3-1)8-5-9-7;;;/h1-5H;2*1H3;1H2. The normalized spacial score (nSPS) is 7.67. The van der Waals surface area contributed by atoms with Crippen LogP contribution in [0.3, 0.4) is 0 Å². The van der Waals surface area contributed by atoms with Gasteiger partial charge in [0.2, 0.25) is 0 Å². The molecule has 0 aliphatic carbocycles. The molecule has 5 heteroatoms. The number of fused-ring (bicyclic) bond motifs is 1. The number of hydrogen-bond acceptors (Lipinski definition) is 3. The minimum atomic E-state index is 0. The predicted octanol–water partition coefficient (Wildman–Crippen LogP) is 2.63. The Kier molecular flexibility index (Phi) is 7.64. The van der Waals surface area contributed by atoms with Crippen LogP contribution in [0.5, 0.6) is 0 Å². The SMILES string of the molecule is N.P.S.c1ccc2scnc2c1. The third-order valence-corrected chi connectivity index (χ3v) is 2.05. The second-order valence-electron chi connectivity index (χ2n) is 1.82. The molecule has 0 aliphatic heterocycles. The van der Waals surface area contributed by atoms with Gasteiger partial charge in [-0.2, -0.15) is 23.4 Å². The Balaban J connectivity index is 0. The monoisotopic (exact) mass is 220 g/mol. The molecule has 0 fully saturated rings. The van der Waals surface area contributed by atoms with Crippen molar-refractivity contribution in [2.75, 3.05) is 0 Å². The molecule has 68 valence electrons. The summed E-state index contributed by atoms with van der Waals surface area (Å²) >= 11 is 1.68. The van der Waals surface area contributed by atoms with Crippen molar-refractivity contribution in [3.05, 3.63) is 29.8 Å². The first-order valence-electron chi connectivity index (χ1n) is 2.75. The van der Waals surface area contributed by atoms with Gasteiger partial charge in [-0.05, 0) is 12.1 Å². The molecular weight excluding hydrogens is 207 g/mol. The molecular formula is C7H13N2PS2. The van der Waals surface area contributed by atoms with Crippen molar-refractivity contribution < 1.29 is 0 Å². The van der Waals surface area contributed by atoms with Crippen LogP contribution in [-0.2, 0) is 0 Å². The van der Waals surface area contributed by atoms with E-state index in [0.717, 1.165) is 5.52 Å². The molecule has 1 unspecified atom stereocenters. The van der Waals surface area contributed by atoms with Gasteiger partial charge < -0.3 is 6.15 Å². The van der Waals surface area contributed by atoms with Crippen molar-refractivity contribution in [2.24, 2.45) is 0 Å². The molecule has 1 aromatic heterocycles. The van der Waals surface area contributed by atoms with Gasteiger partial charge in [-0.1, -0.05) is 12.1 Å². The van der Waals surface area contributed by atoms with Crippen molar-refractivity contribution in [3.63, 3.8) is 0 Å². The molecule has 0 aliphatic rings. The van der Waals surface area contributed by atoms with Crippen LogP contribution in [0.2, 0.25) is 0 Å². The van der Waals surface area contributed by atoms with E-state index in [-0.39, 0.29) is 29.5 Å². The maximum atomic E-state index is 4.14. The summed E-state index contributed by atoms with van der Waals surface area (Å²) in [5.41, 5.74) is 2.97. The molecule has 0 spiro atoms. The van der Waals surface area contributed by atoms with Crippen LogP contribution in [0.25, 0.3) is 10.2 Å². The molecule has 1 atom stereocenters. The van der Waals surface area contributed by atoms with Crippen LogP contribution in [0.1, 0.15) is 0 Å². The van der Waals surface area contributed by atoms with Crippen LogP contribution in [0, 0.1) is 0 Å². The molecule has 0 amide bonds. The minimum Gasteiger partial charge on any atom is -0.344 e. The van der Waals surface area contributed by atoms with Gasteiger partial charge >= 0.3 is 0 Å². The molecule has 1 heterocycles. The lowest BCUT2D eigenvalue weighted by atomic mass is 10.3. The molecule has 2 rings (SSSR count). The molecule has 0 saturated carbocycles. The third-order valence-electron chi connectivity index (χ3n) is 1.24. The highest BCUT2D eigenvalue weighted by atomic mass is 32.1. The van der Waals surface area contributed by atoms with Crippen molar-refractivity contribution in [1.29, 1.82) is 0 Å². The molecule has 0 bridgehead atoms. The van der Waals surface area contributed by atoms with Crippen molar-refractivity contribution >= 4 is 44.9 Å². The van der Waals surface area contributed by atoms with Gasteiger partial charge in [0.25, 0.3) is 0 Å². The van der Waals surface area contributed by atoms with Crippen LogP contribution in [0.15, 0.2) is 29.8 Å². The van der Waals surface area contributed by atoms with Crippen LogP contribution in [-0.4, -0.2) is 4.98 Å². The highest BCUT2D eigenvalue weighted by Gasteiger charge is 1.89. The van der Waals surface area contributed by atoms with E-state index in [1.807, 2.05) is 23.7 Å². The Morgan fingerprint density at radius 2 is 1.83 bits per heavy atom. The summed E-state index contributed by atoms with van der Waals surface area (Å²) < 4.78 is 1.26. The average molecular weight is 220 g/mol. The van der Waals surface area contributed by atoms with Crippen molar-refractivity contribution in [1.82, 2.24) is 11.1 Å². The molecule has 3 N–H and O–H groups in total. The lowest BCUT2D eigenvalue weighted by molar-refractivity contribution is 1.50. The topological polar surface area (TPSA) is 47.9 Å². The first-order valence-corrected chi connectivity index (χ1v) is 3.63. The van der Waals surface area contributed by atoms with E-state index in [2.05, 4.69) is 11.1 Å². The van der Waals surface area contributed by atoms with Gasteiger partial charge in [0.1, 0.15) is 0 Å². The van der Waals surface area contributed by atoms with Crippen molar-refractivity contribution in [3.8, 4) is 0 Å². The quantitative estimate of drug-likeness (QED) is 0.694. The fraction of sp³-hybridized carbons (Fsp3) is 0. The van der Waals surface area contributed by atoms with E-state index in [1.54, 1.807) is 11.3 Å². The van der Waals surface area contributed by atoms with Gasteiger partial charge in [0.05, 0.1) is 15.7 Å². The molecule has 2 nitrogen and oxygen atoms in total. The van der Waals surface area contributed by atoms with E-state index >= 15 is 0 Å². The number of rotatable bonds is 0. The number of hydrogen-bond donors (Lipinski definition) is 1. The van der Waals surface area contributed by atoms with E-state index in [0.29, 0.717) is 0 Å². The third kappa shape index (κ3) is 2.72. The number of benzene rings is 1. The van der Waals surface area contributed by atoms with E-state index in [9.17, 15) is 0 Å². The van der Waals surface area contributed by atoms with E-state index in [1.165, 1.54) is 4.70 Å². The summed E-state index contributed by atoms with van der Waals surface area (Å²) in [6, 6.07) is 8.13. The smallest absolute Gasteiger partial charge is 0.0812 e. The number of thiazole rings is 1. The summed E-state index contributed by atoms with van der Waals surface area (Å²) in [5.74, 6) is 0. The summed E-state index contributed by atoms with van der Waals surface area (Å²) in [4.78, 5) is 4.14. The van der Waals surface area contributed by atoms with Crippen molar-refractivity contribution in [2.45, 2.75) is 0 Å². The number of nitrogens with zero attached hydrogens (tertiary/aromatic N) is 1. The highest BCUT2D eigenvalue weighted by molar-refractivity contribution is 7.59. The largest absolute Gasteiger partial charge is 0.344 e. The first-order chi connectivity index (χ1) is 4.47. The molecule has 2 aromatic rings. The van der Waals surface area contributed by atoms with Gasteiger partial charge in [-0.25, -0.2) is 4.98 Å². The van der Waals surface area contributed by atoms with Gasteiger partial charge in [0.15, 0.2) is 0 Å². The fourth-order valence-electron chi connectivity index (χ4n) is 0.803. The average Bonchev–Trinajstić information content (AvgIpc) is 2.33. The lowest BCUT2D eigenvalue weighted by Crippen LogP contribution is -1.61. The van der Waals surface area contributed by atoms with Crippen LogP contribution < -0.4 is 6.15 Å². The Morgan fingerprint density at radius 3 is 2.50 bits per heavy atom. The number of para-hydroxylation sites is 1. The second kappa shape index (κ2) is 6.38. The summed E-state index contributed by atoms with van der Waals surface area (Å²) in [5, 5.41) is 0. The van der Waals surface area contributed by atoms with E-state index in [4.69, 9.17) is 0 Å². The first kappa shape index (κ1) is 14.4.